The molecule has 0 heterocycles. The van der Waals surface area contributed by atoms with Crippen LogP contribution in [0, 0.1) is 13.8 Å². The molecule has 7 nitrogen and oxygen atoms in total. The first-order chi connectivity index (χ1) is 12.6. The van der Waals surface area contributed by atoms with Gasteiger partial charge >= 0.3 is 5.97 Å². The molecule has 0 aliphatic rings. The number of anilines is 2. The predicted molar refractivity (Wildman–Crippen MR) is 105 cm³/mol. The van der Waals surface area contributed by atoms with Gasteiger partial charge < -0.3 is 10.1 Å². The lowest BCUT2D eigenvalue weighted by Crippen LogP contribution is -2.25. The molecule has 2 aromatic carbocycles. The number of esters is 1. The van der Waals surface area contributed by atoms with Gasteiger partial charge in [0.2, 0.25) is 10.0 Å². The molecule has 0 unspecified atom stereocenters. The molecule has 0 fully saturated rings. The van der Waals surface area contributed by atoms with E-state index in [1.54, 1.807) is 50.2 Å². The lowest BCUT2D eigenvalue weighted by atomic mass is 10.1. The van der Waals surface area contributed by atoms with E-state index in [-0.39, 0.29) is 5.91 Å². The quantitative estimate of drug-likeness (QED) is 0.793. The molecule has 144 valence electrons. The Hall–Kier alpha value is -2.87. The molecule has 0 aliphatic carbocycles. The van der Waals surface area contributed by atoms with Gasteiger partial charge in [-0.05, 0) is 55.3 Å². The van der Waals surface area contributed by atoms with Crippen molar-refractivity contribution in [3.63, 3.8) is 0 Å². The topological polar surface area (TPSA) is 92.8 Å². The second kappa shape index (κ2) is 7.79. The first kappa shape index (κ1) is 20.4. The van der Waals surface area contributed by atoms with Crippen molar-refractivity contribution in [3.05, 3.63) is 58.7 Å². The summed E-state index contributed by atoms with van der Waals surface area (Å²) in [5.41, 5.74) is 2.99. The number of ether oxygens (including phenoxy) is 1. The van der Waals surface area contributed by atoms with Crippen LogP contribution >= 0.6 is 0 Å². The molecule has 0 spiro atoms. The highest BCUT2D eigenvalue weighted by Crippen LogP contribution is 2.24. The number of benzene rings is 2. The minimum atomic E-state index is -3.39. The molecule has 1 N–H and O–H groups in total. The van der Waals surface area contributed by atoms with Crippen LogP contribution in [0.15, 0.2) is 36.4 Å². The summed E-state index contributed by atoms with van der Waals surface area (Å²) in [7, 11) is -0.638. The summed E-state index contributed by atoms with van der Waals surface area (Å²) in [4.78, 5) is 24.4. The van der Waals surface area contributed by atoms with Crippen LogP contribution in [0.25, 0.3) is 0 Å². The zero-order chi connectivity index (χ0) is 20.4. The molecule has 27 heavy (non-hydrogen) atoms. The maximum atomic E-state index is 12.6. The van der Waals surface area contributed by atoms with Crippen molar-refractivity contribution >= 4 is 33.3 Å². The number of hydrogen-bond donors (Lipinski definition) is 1. The van der Waals surface area contributed by atoms with Gasteiger partial charge in [-0.2, -0.15) is 0 Å². The summed E-state index contributed by atoms with van der Waals surface area (Å²) in [6.45, 7) is 3.45. The largest absolute Gasteiger partial charge is 0.465 e. The Balaban J connectivity index is 2.30. The number of nitrogens with one attached hydrogen (secondary N) is 1. The Morgan fingerprint density at radius 2 is 1.78 bits per heavy atom. The lowest BCUT2D eigenvalue weighted by molar-refractivity contribution is 0.0599. The van der Waals surface area contributed by atoms with Crippen LogP contribution in [-0.2, 0) is 14.8 Å². The summed E-state index contributed by atoms with van der Waals surface area (Å²) in [5, 5.41) is 2.77. The van der Waals surface area contributed by atoms with Crippen molar-refractivity contribution in [2.75, 3.05) is 30.0 Å². The van der Waals surface area contributed by atoms with Gasteiger partial charge in [0.05, 0.1) is 24.6 Å². The smallest absolute Gasteiger partial charge is 0.338 e. The molecular formula is C19H22N2O5S. The number of sulfonamides is 1. The second-order valence-electron chi connectivity index (χ2n) is 6.16. The standard InChI is InChI=1S/C19H22N2O5S/c1-12-11-14(9-10-17(12)21(3)27(5,24)25)18(22)20-16-8-6-7-15(13(16)2)19(23)26-4/h6-11H,1-5H3,(H,20,22). The third-order valence-electron chi connectivity index (χ3n) is 4.28. The first-order valence-corrected chi connectivity index (χ1v) is 9.95. The van der Waals surface area contributed by atoms with Crippen LogP contribution in [0.2, 0.25) is 0 Å². The van der Waals surface area contributed by atoms with Crippen molar-refractivity contribution in [1.82, 2.24) is 0 Å². The van der Waals surface area contributed by atoms with Crippen molar-refractivity contribution in [1.29, 1.82) is 0 Å². The van der Waals surface area contributed by atoms with Gasteiger partial charge in [0.15, 0.2) is 0 Å². The number of aryl methyl sites for hydroxylation is 1. The summed E-state index contributed by atoms with van der Waals surface area (Å²) in [6.07, 6.45) is 1.12. The molecule has 0 bridgehead atoms. The minimum absolute atomic E-state index is 0.364. The highest BCUT2D eigenvalue weighted by molar-refractivity contribution is 7.92. The zero-order valence-electron chi connectivity index (χ0n) is 15.9. The van der Waals surface area contributed by atoms with Crippen LogP contribution in [-0.4, -0.2) is 40.7 Å². The van der Waals surface area contributed by atoms with E-state index in [2.05, 4.69) is 5.32 Å². The number of carbonyl (C=O) groups is 2. The van der Waals surface area contributed by atoms with Gasteiger partial charge in [0.1, 0.15) is 0 Å². The first-order valence-electron chi connectivity index (χ1n) is 8.10. The van der Waals surface area contributed by atoms with E-state index in [9.17, 15) is 18.0 Å². The van der Waals surface area contributed by atoms with Crippen LogP contribution in [0.3, 0.4) is 0 Å². The number of hydrogen-bond acceptors (Lipinski definition) is 5. The predicted octanol–water partition coefficient (Wildman–Crippen LogP) is 2.74. The van der Waals surface area contributed by atoms with Gasteiger partial charge in [0, 0.05) is 18.3 Å². The van der Waals surface area contributed by atoms with E-state index in [0.29, 0.717) is 33.6 Å². The maximum Gasteiger partial charge on any atom is 0.338 e. The van der Waals surface area contributed by atoms with E-state index in [0.717, 1.165) is 10.6 Å². The minimum Gasteiger partial charge on any atom is -0.465 e. The average Bonchev–Trinajstić information content (AvgIpc) is 2.61. The van der Waals surface area contributed by atoms with Crippen LogP contribution in [0.1, 0.15) is 31.8 Å². The fourth-order valence-corrected chi connectivity index (χ4v) is 3.19. The van der Waals surface area contributed by atoms with Gasteiger partial charge in [-0.3, -0.25) is 9.10 Å². The van der Waals surface area contributed by atoms with Crippen LogP contribution in [0.5, 0.6) is 0 Å². The average molecular weight is 390 g/mol. The molecule has 0 atom stereocenters. The molecular weight excluding hydrogens is 368 g/mol. The maximum absolute atomic E-state index is 12.6. The van der Waals surface area contributed by atoms with Crippen molar-refractivity contribution in [2.45, 2.75) is 13.8 Å². The third-order valence-corrected chi connectivity index (χ3v) is 5.47. The van der Waals surface area contributed by atoms with Gasteiger partial charge in [-0.15, -0.1) is 0 Å². The molecule has 2 aromatic rings. The molecule has 8 heteroatoms. The molecule has 1 amide bonds. The number of rotatable bonds is 5. The van der Waals surface area contributed by atoms with Crippen LogP contribution in [0.4, 0.5) is 11.4 Å². The van der Waals surface area contributed by atoms with E-state index >= 15 is 0 Å². The fourth-order valence-electron chi connectivity index (χ4n) is 2.63. The Kier molecular flexibility index (Phi) is 5.90. The zero-order valence-corrected chi connectivity index (χ0v) is 16.7. The van der Waals surface area contributed by atoms with Crippen molar-refractivity contribution in [2.24, 2.45) is 0 Å². The van der Waals surface area contributed by atoms with E-state index in [4.69, 9.17) is 4.74 Å². The number of carbonyl (C=O) groups excluding carboxylic acids is 2. The number of methoxy groups -OCH3 is 1. The molecule has 0 aromatic heterocycles. The lowest BCUT2D eigenvalue weighted by Gasteiger charge is -2.19. The van der Waals surface area contributed by atoms with Gasteiger partial charge in [-0.25, -0.2) is 13.2 Å². The second-order valence-corrected chi connectivity index (χ2v) is 8.17. The Bertz CT molecular complexity index is 999. The number of amides is 1. The molecule has 0 saturated heterocycles. The Morgan fingerprint density at radius 3 is 2.33 bits per heavy atom. The van der Waals surface area contributed by atoms with Crippen molar-refractivity contribution in [3.8, 4) is 0 Å². The molecule has 0 saturated carbocycles. The SMILES string of the molecule is COC(=O)c1cccc(NC(=O)c2ccc(N(C)S(C)(=O)=O)c(C)c2)c1C. The Labute approximate surface area is 159 Å². The van der Waals surface area contributed by atoms with E-state index in [1.807, 2.05) is 0 Å². The van der Waals surface area contributed by atoms with E-state index in [1.165, 1.54) is 14.2 Å². The summed E-state index contributed by atoms with van der Waals surface area (Å²) in [5.74, 6) is -0.843. The molecule has 0 aliphatic heterocycles. The fraction of sp³-hybridized carbons (Fsp3) is 0.263. The third kappa shape index (κ3) is 4.46. The highest BCUT2D eigenvalue weighted by Gasteiger charge is 2.17. The van der Waals surface area contributed by atoms with Crippen LogP contribution < -0.4 is 9.62 Å². The number of nitrogens with zero attached hydrogens (tertiary/aromatic N) is 1. The normalized spacial score (nSPS) is 11.0. The summed E-state index contributed by atoms with van der Waals surface area (Å²) in [6, 6.07) is 9.73. The van der Waals surface area contributed by atoms with E-state index < -0.39 is 16.0 Å². The summed E-state index contributed by atoms with van der Waals surface area (Å²) < 4.78 is 29.3. The van der Waals surface area contributed by atoms with Gasteiger partial charge in [-0.1, -0.05) is 6.07 Å². The molecule has 0 radical (unpaired) electrons. The van der Waals surface area contributed by atoms with Crippen molar-refractivity contribution < 1.29 is 22.7 Å². The molecule has 2 rings (SSSR count). The monoisotopic (exact) mass is 390 g/mol. The highest BCUT2D eigenvalue weighted by atomic mass is 32.2. The Morgan fingerprint density at radius 1 is 1.11 bits per heavy atom. The van der Waals surface area contributed by atoms with Gasteiger partial charge in [0.25, 0.3) is 5.91 Å². The summed E-state index contributed by atoms with van der Waals surface area (Å²) >= 11 is 0.